The Morgan fingerprint density at radius 1 is 1.21 bits per heavy atom. The topological polar surface area (TPSA) is 112 Å². The quantitative estimate of drug-likeness (QED) is 0.614. The third-order valence-corrected chi connectivity index (χ3v) is 3.81. The molecule has 0 aliphatic rings. The van der Waals surface area contributed by atoms with Crippen LogP contribution in [0.25, 0.3) is 0 Å². The zero-order valence-electron chi connectivity index (χ0n) is 17.9. The van der Waals surface area contributed by atoms with Gasteiger partial charge in [-0.2, -0.15) is 0 Å². The van der Waals surface area contributed by atoms with Crippen LogP contribution in [0.2, 0.25) is 0 Å². The molecule has 160 valence electrons. The van der Waals surface area contributed by atoms with Gasteiger partial charge in [0.25, 0.3) is 0 Å². The lowest BCUT2D eigenvalue weighted by molar-refractivity contribution is 0.0451. The van der Waals surface area contributed by atoms with Gasteiger partial charge >= 0.3 is 12.1 Å². The standard InChI is InChI=1S/C19H33N3O6/c1-18(2,3)14(20-17(25)28-19(4,5)6)12-22-13(16(23)24)11-15(21-22)27-10-8-9-26-7/h11,14H,8-10,12H2,1-7H3,(H,20,25)(H,23,24). The van der Waals surface area contributed by atoms with Crippen LogP contribution in [0.3, 0.4) is 0 Å². The molecule has 28 heavy (non-hydrogen) atoms. The largest absolute Gasteiger partial charge is 0.477 e. The van der Waals surface area contributed by atoms with Gasteiger partial charge in [0.15, 0.2) is 0 Å². The zero-order valence-corrected chi connectivity index (χ0v) is 17.9. The van der Waals surface area contributed by atoms with Crippen molar-refractivity contribution in [3.05, 3.63) is 11.8 Å². The number of carbonyl (C=O) groups excluding carboxylic acids is 1. The van der Waals surface area contributed by atoms with Crippen molar-refractivity contribution in [1.82, 2.24) is 15.1 Å². The summed E-state index contributed by atoms with van der Waals surface area (Å²) in [6.07, 6.45) is 0.101. The van der Waals surface area contributed by atoms with Crippen molar-refractivity contribution >= 4 is 12.1 Å². The van der Waals surface area contributed by atoms with E-state index in [0.29, 0.717) is 19.6 Å². The summed E-state index contributed by atoms with van der Waals surface area (Å²) in [4.78, 5) is 23.8. The number of carboxylic acids is 1. The molecule has 1 rings (SSSR count). The highest BCUT2D eigenvalue weighted by molar-refractivity contribution is 5.86. The fourth-order valence-corrected chi connectivity index (χ4v) is 2.31. The number of hydrogen-bond acceptors (Lipinski definition) is 6. The summed E-state index contributed by atoms with van der Waals surface area (Å²) >= 11 is 0. The van der Waals surface area contributed by atoms with Crippen LogP contribution >= 0.6 is 0 Å². The van der Waals surface area contributed by atoms with Crippen molar-refractivity contribution in [2.45, 2.75) is 66.2 Å². The van der Waals surface area contributed by atoms with Crippen LogP contribution < -0.4 is 10.1 Å². The van der Waals surface area contributed by atoms with E-state index in [9.17, 15) is 14.7 Å². The van der Waals surface area contributed by atoms with E-state index in [1.54, 1.807) is 27.9 Å². The Kier molecular flexibility index (Phi) is 8.29. The third kappa shape index (κ3) is 8.16. The molecular formula is C19H33N3O6. The Hall–Kier alpha value is -2.29. The van der Waals surface area contributed by atoms with Crippen molar-refractivity contribution < 1.29 is 28.9 Å². The molecule has 0 saturated heterocycles. The number of carbonyl (C=O) groups is 2. The van der Waals surface area contributed by atoms with Crippen LogP contribution in [0.4, 0.5) is 4.79 Å². The molecule has 0 aromatic carbocycles. The van der Waals surface area contributed by atoms with Gasteiger partial charge in [0.2, 0.25) is 5.88 Å². The minimum atomic E-state index is -1.12. The van der Waals surface area contributed by atoms with Crippen molar-refractivity contribution in [3.8, 4) is 5.88 Å². The van der Waals surface area contributed by atoms with E-state index in [-0.39, 0.29) is 23.5 Å². The lowest BCUT2D eigenvalue weighted by Crippen LogP contribution is -2.48. The normalized spacial score (nSPS) is 13.1. The fraction of sp³-hybridized carbons (Fsp3) is 0.737. The number of aromatic carboxylic acids is 1. The first-order chi connectivity index (χ1) is 12.8. The second kappa shape index (κ2) is 9.77. The van der Waals surface area contributed by atoms with Crippen LogP contribution in [-0.4, -0.2) is 58.9 Å². The smallest absolute Gasteiger partial charge is 0.407 e. The summed E-state index contributed by atoms with van der Waals surface area (Å²) in [5.41, 5.74) is -1.01. The molecule has 0 fully saturated rings. The number of carboxylic acid groups (broad SMARTS) is 1. The van der Waals surface area contributed by atoms with Crippen LogP contribution in [0, 0.1) is 5.41 Å². The maximum absolute atomic E-state index is 12.2. The van der Waals surface area contributed by atoms with Gasteiger partial charge in [-0.1, -0.05) is 20.8 Å². The maximum atomic E-state index is 12.2. The van der Waals surface area contributed by atoms with E-state index >= 15 is 0 Å². The molecule has 1 amide bonds. The molecule has 1 unspecified atom stereocenters. The van der Waals surface area contributed by atoms with Gasteiger partial charge in [-0.3, -0.25) is 4.68 Å². The number of nitrogens with one attached hydrogen (secondary N) is 1. The minimum Gasteiger partial charge on any atom is -0.477 e. The van der Waals surface area contributed by atoms with Crippen molar-refractivity contribution in [2.24, 2.45) is 5.41 Å². The summed E-state index contributed by atoms with van der Waals surface area (Å²) in [6, 6.07) is 0.962. The number of methoxy groups -OCH3 is 1. The van der Waals surface area contributed by atoms with E-state index in [1.165, 1.54) is 10.7 Å². The van der Waals surface area contributed by atoms with E-state index in [2.05, 4.69) is 10.4 Å². The highest BCUT2D eigenvalue weighted by Gasteiger charge is 2.30. The Morgan fingerprint density at radius 2 is 1.86 bits per heavy atom. The van der Waals surface area contributed by atoms with E-state index < -0.39 is 23.7 Å². The zero-order chi connectivity index (χ0) is 21.5. The molecular weight excluding hydrogens is 366 g/mol. The molecule has 1 heterocycles. The summed E-state index contributed by atoms with van der Waals surface area (Å²) in [5.74, 6) is -0.900. The first-order valence-corrected chi connectivity index (χ1v) is 9.26. The third-order valence-electron chi connectivity index (χ3n) is 3.81. The monoisotopic (exact) mass is 399 g/mol. The molecule has 0 aliphatic carbocycles. The van der Waals surface area contributed by atoms with Gasteiger partial charge < -0.3 is 24.6 Å². The molecule has 1 aromatic rings. The van der Waals surface area contributed by atoms with Gasteiger partial charge in [-0.15, -0.1) is 5.10 Å². The summed E-state index contributed by atoms with van der Waals surface area (Å²) in [5, 5.41) is 16.6. The SMILES string of the molecule is COCCCOc1cc(C(=O)O)n(CC(NC(=O)OC(C)(C)C)C(C)(C)C)n1. The number of hydrogen-bond donors (Lipinski definition) is 2. The number of amides is 1. The van der Waals surface area contributed by atoms with Gasteiger partial charge in [0.05, 0.1) is 19.2 Å². The average Bonchev–Trinajstić information content (AvgIpc) is 2.91. The molecule has 0 bridgehead atoms. The van der Waals surface area contributed by atoms with Gasteiger partial charge in [0.1, 0.15) is 11.3 Å². The number of alkyl carbamates (subject to hydrolysis) is 1. The van der Waals surface area contributed by atoms with Gasteiger partial charge in [-0.25, -0.2) is 9.59 Å². The second-order valence-corrected chi connectivity index (χ2v) is 8.61. The summed E-state index contributed by atoms with van der Waals surface area (Å²) in [7, 11) is 1.60. The molecule has 0 aliphatic heterocycles. The highest BCUT2D eigenvalue weighted by Crippen LogP contribution is 2.23. The predicted molar refractivity (Wildman–Crippen MR) is 104 cm³/mol. The van der Waals surface area contributed by atoms with Gasteiger partial charge in [-0.05, 0) is 26.2 Å². The molecule has 0 saturated carbocycles. The Morgan fingerprint density at radius 3 is 2.36 bits per heavy atom. The first kappa shape index (κ1) is 23.7. The highest BCUT2D eigenvalue weighted by atomic mass is 16.6. The number of nitrogens with zero attached hydrogens (tertiary/aromatic N) is 2. The lowest BCUT2D eigenvalue weighted by atomic mass is 9.86. The maximum Gasteiger partial charge on any atom is 0.407 e. The Balaban J connectivity index is 2.96. The van der Waals surface area contributed by atoms with E-state index in [4.69, 9.17) is 14.2 Å². The van der Waals surface area contributed by atoms with E-state index in [1.807, 2.05) is 20.8 Å². The Bertz CT molecular complexity index is 658. The average molecular weight is 399 g/mol. The number of aromatic nitrogens is 2. The molecule has 9 heteroatoms. The van der Waals surface area contributed by atoms with Crippen LogP contribution in [-0.2, 0) is 16.0 Å². The van der Waals surface area contributed by atoms with Crippen LogP contribution in [0.15, 0.2) is 6.07 Å². The number of rotatable bonds is 9. The van der Waals surface area contributed by atoms with Gasteiger partial charge in [0, 0.05) is 26.2 Å². The summed E-state index contributed by atoms with van der Waals surface area (Å²) < 4.78 is 17.1. The molecule has 9 nitrogen and oxygen atoms in total. The first-order valence-electron chi connectivity index (χ1n) is 9.26. The Labute approximate surface area is 166 Å². The lowest BCUT2D eigenvalue weighted by Gasteiger charge is -2.32. The predicted octanol–water partition coefficient (Wildman–Crippen LogP) is 2.94. The van der Waals surface area contributed by atoms with Crippen LogP contribution in [0.1, 0.15) is 58.5 Å². The minimum absolute atomic E-state index is 0.0121. The second-order valence-electron chi connectivity index (χ2n) is 8.61. The van der Waals surface area contributed by atoms with E-state index in [0.717, 1.165) is 0 Å². The van der Waals surface area contributed by atoms with Crippen LogP contribution in [0.5, 0.6) is 5.88 Å². The fourth-order valence-electron chi connectivity index (χ4n) is 2.31. The molecule has 0 spiro atoms. The summed E-state index contributed by atoms with van der Waals surface area (Å²) in [6.45, 7) is 12.2. The van der Waals surface area contributed by atoms with Crippen molar-refractivity contribution in [2.75, 3.05) is 20.3 Å². The molecule has 0 radical (unpaired) electrons. The molecule has 1 atom stereocenters. The molecule has 2 N–H and O–H groups in total. The van der Waals surface area contributed by atoms with Crippen molar-refractivity contribution in [1.29, 1.82) is 0 Å². The number of ether oxygens (including phenoxy) is 3. The van der Waals surface area contributed by atoms with Crippen molar-refractivity contribution in [3.63, 3.8) is 0 Å². The molecule has 1 aromatic heterocycles.